The van der Waals surface area contributed by atoms with Gasteiger partial charge in [-0.2, -0.15) is 0 Å². The quantitative estimate of drug-likeness (QED) is 0.640. The van der Waals surface area contributed by atoms with E-state index in [9.17, 15) is 0 Å². The Balaban J connectivity index is 2.45. The van der Waals surface area contributed by atoms with Crippen LogP contribution >= 0.6 is 46.4 Å². The summed E-state index contributed by atoms with van der Waals surface area (Å²) in [5.74, 6) is 0. The fourth-order valence-corrected chi connectivity index (χ4v) is 2.51. The van der Waals surface area contributed by atoms with Gasteiger partial charge in [-0.3, -0.25) is 0 Å². The van der Waals surface area contributed by atoms with Gasteiger partial charge in [0.25, 0.3) is 0 Å². The molecule has 0 fully saturated rings. The Morgan fingerprint density at radius 2 is 1.69 bits per heavy atom. The third-order valence-electron chi connectivity index (χ3n) is 2.37. The fourth-order valence-electron chi connectivity index (χ4n) is 1.52. The molecule has 1 aromatic carbocycles. The Morgan fingerprint density at radius 3 is 2.31 bits per heavy atom. The maximum Gasteiger partial charge on any atom is 0.157 e. The maximum atomic E-state index is 6.18. The molecule has 84 valence electrons. The van der Waals surface area contributed by atoms with Crippen LogP contribution in [-0.4, -0.2) is 9.71 Å². The molecule has 0 saturated carbocycles. The van der Waals surface area contributed by atoms with Gasteiger partial charge < -0.3 is 0 Å². The minimum Gasteiger partial charge on any atom is -0.113 e. The van der Waals surface area contributed by atoms with Crippen molar-refractivity contribution in [1.29, 1.82) is 0 Å². The first-order valence-corrected chi connectivity index (χ1v) is 6.25. The number of allylic oxidation sites excluding steroid dienone is 4. The van der Waals surface area contributed by atoms with Gasteiger partial charge in [-0.15, -0.1) is 11.6 Å². The summed E-state index contributed by atoms with van der Waals surface area (Å²) >= 11 is 24.3. The van der Waals surface area contributed by atoms with Crippen LogP contribution in [0.15, 0.2) is 47.5 Å². The largest absolute Gasteiger partial charge is 0.157 e. The van der Waals surface area contributed by atoms with Gasteiger partial charge in [0, 0.05) is 5.03 Å². The van der Waals surface area contributed by atoms with Gasteiger partial charge in [-0.1, -0.05) is 71.2 Å². The van der Waals surface area contributed by atoms with Crippen LogP contribution < -0.4 is 0 Å². The first kappa shape index (κ1) is 12.3. The molecule has 0 radical (unpaired) electrons. The summed E-state index contributed by atoms with van der Waals surface area (Å²) in [5, 5.41) is -0.155. The molecule has 0 amide bonds. The molecule has 0 aromatic heterocycles. The second kappa shape index (κ2) is 4.62. The number of hydrogen-bond donors (Lipinski definition) is 0. The van der Waals surface area contributed by atoms with Crippen LogP contribution in [0.1, 0.15) is 5.56 Å². The van der Waals surface area contributed by atoms with Crippen molar-refractivity contribution in [1.82, 2.24) is 0 Å². The van der Waals surface area contributed by atoms with Crippen molar-refractivity contribution in [2.45, 2.75) is 9.71 Å². The van der Waals surface area contributed by atoms with Gasteiger partial charge in [-0.25, -0.2) is 0 Å². The molecule has 1 aliphatic carbocycles. The van der Waals surface area contributed by atoms with E-state index in [2.05, 4.69) is 0 Å². The Bertz CT molecular complexity index is 445. The highest BCUT2D eigenvalue weighted by Gasteiger charge is 2.37. The summed E-state index contributed by atoms with van der Waals surface area (Å²) in [6, 6.07) is 9.73. The zero-order chi connectivity index (χ0) is 11.8. The second-order valence-corrected chi connectivity index (χ2v) is 5.79. The molecule has 1 unspecified atom stereocenters. The summed E-state index contributed by atoms with van der Waals surface area (Å²) in [5.41, 5.74) is 1.86. The second-order valence-electron chi connectivity index (χ2n) is 3.50. The predicted octanol–water partition coefficient (Wildman–Crippen LogP) is 4.99. The Morgan fingerprint density at radius 1 is 1.06 bits per heavy atom. The highest BCUT2D eigenvalue weighted by molar-refractivity contribution is 6.56. The van der Waals surface area contributed by atoms with E-state index in [-0.39, 0.29) is 0 Å². The lowest BCUT2D eigenvalue weighted by Gasteiger charge is -2.26. The molecule has 0 spiro atoms. The Hall–Kier alpha value is -0.140. The molecule has 2 rings (SSSR count). The van der Waals surface area contributed by atoms with E-state index in [1.807, 2.05) is 30.3 Å². The van der Waals surface area contributed by atoms with E-state index in [4.69, 9.17) is 46.4 Å². The average molecular weight is 294 g/mol. The van der Waals surface area contributed by atoms with Gasteiger partial charge in [0.2, 0.25) is 0 Å². The van der Waals surface area contributed by atoms with Crippen molar-refractivity contribution < 1.29 is 0 Å². The molecule has 0 N–H and O–H groups in total. The van der Waals surface area contributed by atoms with Gasteiger partial charge in [0.1, 0.15) is 5.38 Å². The smallest absolute Gasteiger partial charge is 0.113 e. The van der Waals surface area contributed by atoms with E-state index < -0.39 is 9.71 Å². The molecule has 1 aromatic rings. The van der Waals surface area contributed by atoms with Crippen LogP contribution in [0, 0.1) is 0 Å². The molecule has 0 nitrogen and oxygen atoms in total. The van der Waals surface area contributed by atoms with Crippen molar-refractivity contribution in [3.8, 4) is 0 Å². The summed E-state index contributed by atoms with van der Waals surface area (Å²) in [4.78, 5) is 0. The molecule has 0 saturated heterocycles. The van der Waals surface area contributed by atoms with Gasteiger partial charge in [-0.05, 0) is 17.2 Å². The molecule has 0 aliphatic heterocycles. The SMILES string of the molecule is ClC1=C(c2ccccc2)C=CC(Cl)(Cl)C1Cl. The topological polar surface area (TPSA) is 0 Å². The van der Waals surface area contributed by atoms with Crippen LogP contribution in [0.3, 0.4) is 0 Å². The third kappa shape index (κ3) is 2.26. The van der Waals surface area contributed by atoms with Gasteiger partial charge in [0.05, 0.1) is 0 Å². The molecule has 0 heterocycles. The third-order valence-corrected chi connectivity index (χ3v) is 4.38. The maximum absolute atomic E-state index is 6.18. The number of alkyl halides is 3. The first-order valence-electron chi connectivity index (χ1n) is 4.68. The molecular formula is C12H8Cl4. The molecule has 1 aliphatic rings. The monoisotopic (exact) mass is 292 g/mol. The number of halogens is 4. The van der Waals surface area contributed by atoms with E-state index >= 15 is 0 Å². The normalized spacial score (nSPS) is 23.6. The summed E-state index contributed by atoms with van der Waals surface area (Å²) in [6.45, 7) is 0. The molecule has 0 bridgehead atoms. The van der Waals surface area contributed by atoms with E-state index in [1.54, 1.807) is 12.2 Å². The lowest BCUT2D eigenvalue weighted by Crippen LogP contribution is -2.27. The Labute approximate surface area is 114 Å². The van der Waals surface area contributed by atoms with E-state index in [0.717, 1.165) is 11.1 Å². The summed E-state index contributed by atoms with van der Waals surface area (Å²) < 4.78 is -1.14. The number of hydrogen-bond acceptors (Lipinski definition) is 0. The first-order chi connectivity index (χ1) is 7.52. The number of rotatable bonds is 1. The highest BCUT2D eigenvalue weighted by Crippen LogP contribution is 2.43. The van der Waals surface area contributed by atoms with Crippen LogP contribution in [0.2, 0.25) is 0 Å². The minimum absolute atomic E-state index is 0.473. The van der Waals surface area contributed by atoms with Crippen molar-refractivity contribution >= 4 is 52.0 Å². The average Bonchev–Trinajstić information content (AvgIpc) is 2.27. The zero-order valence-corrected chi connectivity index (χ0v) is 11.2. The van der Waals surface area contributed by atoms with Crippen molar-refractivity contribution in [3.63, 3.8) is 0 Å². The van der Waals surface area contributed by atoms with Crippen molar-refractivity contribution in [2.75, 3.05) is 0 Å². The minimum atomic E-state index is -1.14. The molecular weight excluding hydrogens is 286 g/mol. The lowest BCUT2D eigenvalue weighted by molar-refractivity contribution is 0.958. The summed E-state index contributed by atoms with van der Waals surface area (Å²) in [7, 11) is 0. The van der Waals surface area contributed by atoms with Crippen molar-refractivity contribution in [2.24, 2.45) is 0 Å². The number of benzene rings is 1. The predicted molar refractivity (Wildman–Crippen MR) is 72.4 cm³/mol. The highest BCUT2D eigenvalue weighted by atomic mass is 35.5. The van der Waals surface area contributed by atoms with Gasteiger partial charge in [0.15, 0.2) is 4.33 Å². The molecule has 16 heavy (non-hydrogen) atoms. The standard InChI is InChI=1S/C12H8Cl4/c13-10-9(8-4-2-1-3-5-8)6-7-12(15,16)11(10)14/h1-7,11H. The zero-order valence-electron chi connectivity index (χ0n) is 8.13. The van der Waals surface area contributed by atoms with E-state index in [1.165, 1.54) is 0 Å². The van der Waals surface area contributed by atoms with Crippen LogP contribution in [0.25, 0.3) is 5.57 Å². The molecule has 4 heteroatoms. The van der Waals surface area contributed by atoms with Crippen LogP contribution in [-0.2, 0) is 0 Å². The fraction of sp³-hybridized carbons (Fsp3) is 0.167. The molecule has 1 atom stereocenters. The van der Waals surface area contributed by atoms with Crippen LogP contribution in [0.4, 0.5) is 0 Å². The lowest BCUT2D eigenvalue weighted by atomic mass is 9.99. The Kier molecular flexibility index (Phi) is 3.56. The van der Waals surface area contributed by atoms with E-state index in [0.29, 0.717) is 5.03 Å². The van der Waals surface area contributed by atoms with Gasteiger partial charge >= 0.3 is 0 Å². The van der Waals surface area contributed by atoms with Crippen molar-refractivity contribution in [3.05, 3.63) is 53.1 Å². The van der Waals surface area contributed by atoms with Crippen LogP contribution in [0.5, 0.6) is 0 Å². The summed E-state index contributed by atoms with van der Waals surface area (Å²) in [6.07, 6.45) is 3.46.